The maximum absolute atomic E-state index is 13.6. The summed E-state index contributed by atoms with van der Waals surface area (Å²) in [6.45, 7) is 2.12. The summed E-state index contributed by atoms with van der Waals surface area (Å²) in [5.74, 6) is -14.9. The molecule has 0 spiro atoms. The minimum Gasteiger partial charge on any atom is -0.743 e. The van der Waals surface area contributed by atoms with E-state index in [-0.39, 0.29) is 0 Å². The van der Waals surface area contributed by atoms with Crippen molar-refractivity contribution >= 4 is 27.8 Å². The number of rotatable bonds is 12. The number of amides is 1. The summed E-state index contributed by atoms with van der Waals surface area (Å²) in [5, 5.41) is -4.64. The zero-order valence-corrected chi connectivity index (χ0v) is 17.2. The Morgan fingerprint density at radius 3 is 1.91 bits per heavy atom. The summed E-state index contributed by atoms with van der Waals surface area (Å²) in [7, 11) is -6.83. The van der Waals surface area contributed by atoms with Crippen LogP contribution < -0.4 is 5.32 Å². The lowest BCUT2D eigenvalue weighted by atomic mass is 10.2. The number of hydrogen-bond donors (Lipinski definition) is 1. The molecule has 1 N–H and O–H groups in total. The van der Waals surface area contributed by atoms with Crippen LogP contribution in [0.5, 0.6) is 0 Å². The molecule has 9 nitrogen and oxygen atoms in total. The minimum atomic E-state index is -6.83. The number of ether oxygens (including phenoxy) is 2. The predicted octanol–water partition coefficient (Wildman–Crippen LogP) is 1.64. The summed E-state index contributed by atoms with van der Waals surface area (Å²) in [6, 6.07) is 0. The first-order chi connectivity index (χ1) is 14.1. The molecule has 0 aromatic rings. The number of carbonyl (C=O) groups is 3. The van der Waals surface area contributed by atoms with Crippen molar-refractivity contribution < 1.29 is 67.6 Å². The third kappa shape index (κ3) is 6.86. The summed E-state index contributed by atoms with van der Waals surface area (Å²) in [6.07, 6.45) is -9.50. The van der Waals surface area contributed by atoms with Crippen molar-refractivity contribution in [3.63, 3.8) is 0 Å². The van der Waals surface area contributed by atoms with Gasteiger partial charge in [-0.15, -0.1) is 0 Å². The van der Waals surface area contributed by atoms with Gasteiger partial charge in [-0.05, 0) is 20.3 Å². The smallest absolute Gasteiger partial charge is 0.466 e. The van der Waals surface area contributed by atoms with E-state index in [2.05, 4.69) is 16.1 Å². The molecule has 1 unspecified atom stereocenters. The Bertz CT molecular complexity index is 856. The summed E-state index contributed by atoms with van der Waals surface area (Å²) in [4.78, 5) is 34.6. The molecule has 1 amide bonds. The van der Waals surface area contributed by atoms with Gasteiger partial charge in [0.15, 0.2) is 10.1 Å². The molecule has 0 aliphatic rings. The first kappa shape index (κ1) is 29.7. The van der Waals surface area contributed by atoms with Crippen molar-refractivity contribution in [3.05, 3.63) is 12.2 Å². The van der Waals surface area contributed by atoms with Gasteiger partial charge in [-0.2, -0.15) is 30.7 Å². The number of alkyl halides is 7. The van der Waals surface area contributed by atoms with Gasteiger partial charge in [0.1, 0.15) is 5.78 Å². The third-order valence-electron chi connectivity index (χ3n) is 3.44. The number of Topliss-reactive ketones (excluding diaryl/α,β-unsaturated/α-hetero) is 1. The maximum atomic E-state index is 13.6. The zero-order valence-electron chi connectivity index (χ0n) is 16.4. The first-order valence-electron chi connectivity index (χ1n) is 8.20. The Morgan fingerprint density at radius 2 is 1.53 bits per heavy atom. The van der Waals surface area contributed by atoms with Crippen LogP contribution in [0.15, 0.2) is 12.2 Å². The normalized spacial score (nSPS) is 14.9. The molecule has 0 fully saturated rings. The molecule has 0 aromatic heterocycles. The zero-order chi connectivity index (χ0) is 25.8. The van der Waals surface area contributed by atoms with Crippen LogP contribution in [0.2, 0.25) is 0 Å². The summed E-state index contributed by atoms with van der Waals surface area (Å²) >= 11 is 0. The van der Waals surface area contributed by atoms with E-state index in [0.717, 1.165) is 13.8 Å². The Labute approximate surface area is 176 Å². The molecule has 0 rings (SSSR count). The Morgan fingerprint density at radius 1 is 1.03 bits per heavy atom. The monoisotopic (exact) mass is 504 g/mol. The van der Waals surface area contributed by atoms with Crippen LogP contribution in [-0.4, -0.2) is 66.9 Å². The van der Waals surface area contributed by atoms with Gasteiger partial charge >= 0.3 is 35.0 Å². The fourth-order valence-electron chi connectivity index (χ4n) is 1.79. The van der Waals surface area contributed by atoms with E-state index >= 15 is 0 Å². The second-order valence-electron chi connectivity index (χ2n) is 6.30. The summed E-state index contributed by atoms with van der Waals surface area (Å²) < 4.78 is 133. The molecule has 0 aliphatic heterocycles. The lowest BCUT2D eigenvalue weighted by molar-refractivity contribution is -0.347. The van der Waals surface area contributed by atoms with E-state index in [1.165, 1.54) is 5.32 Å². The lowest BCUT2D eigenvalue weighted by Crippen LogP contribution is -2.62. The van der Waals surface area contributed by atoms with Gasteiger partial charge in [0.2, 0.25) is 0 Å². The highest BCUT2D eigenvalue weighted by Crippen LogP contribution is 2.42. The molecule has 0 saturated carbocycles. The van der Waals surface area contributed by atoms with Gasteiger partial charge in [0, 0.05) is 12.0 Å². The molecule has 0 heterocycles. The van der Waals surface area contributed by atoms with Crippen molar-refractivity contribution in [1.82, 2.24) is 5.32 Å². The number of halogens is 7. The van der Waals surface area contributed by atoms with Crippen LogP contribution in [0.25, 0.3) is 0 Å². The number of hydrogen-bond acceptors (Lipinski definition) is 8. The van der Waals surface area contributed by atoms with E-state index in [1.54, 1.807) is 0 Å². The number of nitrogens with one attached hydrogen (secondary N) is 1. The van der Waals surface area contributed by atoms with Crippen LogP contribution >= 0.6 is 0 Å². The van der Waals surface area contributed by atoms with Gasteiger partial charge < -0.3 is 19.3 Å². The fraction of sp³-hybridized carbons (Fsp3) is 0.667. The third-order valence-corrected chi connectivity index (χ3v) is 4.36. The van der Waals surface area contributed by atoms with Crippen molar-refractivity contribution in [2.24, 2.45) is 0 Å². The van der Waals surface area contributed by atoms with Crippen LogP contribution in [0.1, 0.15) is 26.7 Å². The van der Waals surface area contributed by atoms with Gasteiger partial charge in [-0.3, -0.25) is 9.59 Å². The molecule has 32 heavy (non-hydrogen) atoms. The van der Waals surface area contributed by atoms with Crippen molar-refractivity contribution in [3.8, 4) is 0 Å². The van der Waals surface area contributed by atoms with Gasteiger partial charge in [-0.1, -0.05) is 6.58 Å². The SMILES string of the molecule is C=C(C)C(=O)OC(OCCCC(F)(F)C(F)(F)S(=O)(=O)[O-])(C(=O)NCC(C)=O)C(F)(F)F. The lowest BCUT2D eigenvalue weighted by Gasteiger charge is -2.33. The van der Waals surface area contributed by atoms with Crippen LogP contribution in [0.4, 0.5) is 30.7 Å². The second kappa shape index (κ2) is 10.1. The van der Waals surface area contributed by atoms with Crippen LogP contribution in [0, 0.1) is 0 Å². The Hall–Kier alpha value is -2.27. The number of esters is 1. The topological polar surface area (TPSA) is 139 Å². The van der Waals surface area contributed by atoms with E-state index in [9.17, 15) is 58.1 Å². The molecule has 0 radical (unpaired) electrons. The Balaban J connectivity index is 5.80. The molecule has 0 aromatic carbocycles. The average Bonchev–Trinajstić information content (AvgIpc) is 2.59. The molecular weight excluding hydrogens is 487 g/mol. The van der Waals surface area contributed by atoms with E-state index in [0.29, 0.717) is 0 Å². The molecule has 1 atom stereocenters. The minimum absolute atomic E-state index is 0.659. The Kier molecular flexibility index (Phi) is 9.40. The van der Waals surface area contributed by atoms with Crippen molar-refractivity contribution in [2.75, 3.05) is 13.2 Å². The highest BCUT2D eigenvalue weighted by Gasteiger charge is 2.66. The highest BCUT2D eigenvalue weighted by molar-refractivity contribution is 7.86. The molecule has 0 bridgehead atoms. The number of ketones is 1. The van der Waals surface area contributed by atoms with E-state index in [4.69, 9.17) is 0 Å². The van der Waals surface area contributed by atoms with Gasteiger partial charge in [0.05, 0.1) is 13.2 Å². The van der Waals surface area contributed by atoms with E-state index < -0.39 is 82.5 Å². The van der Waals surface area contributed by atoms with Crippen molar-refractivity contribution in [1.29, 1.82) is 0 Å². The van der Waals surface area contributed by atoms with Gasteiger partial charge in [-0.25, -0.2) is 13.2 Å². The van der Waals surface area contributed by atoms with E-state index in [1.807, 2.05) is 0 Å². The molecule has 17 heteroatoms. The van der Waals surface area contributed by atoms with Gasteiger partial charge in [0.25, 0.3) is 0 Å². The fourth-order valence-corrected chi connectivity index (χ4v) is 2.25. The number of carbonyl (C=O) groups excluding carboxylic acids is 3. The predicted molar refractivity (Wildman–Crippen MR) is 88.2 cm³/mol. The second-order valence-corrected chi connectivity index (χ2v) is 7.72. The summed E-state index contributed by atoms with van der Waals surface area (Å²) in [5.41, 5.74) is -0.659. The first-order valence-corrected chi connectivity index (χ1v) is 9.61. The standard InChI is InChI=1S/C15H18F7NO8S/c1-8(2)10(25)31-13(14(18,19)20,11(26)23-7-9(3)24)30-6-4-5-12(16,17)15(21,22)32(27,28)29/h1,4-7H2,2-3H3,(H,23,26)(H,27,28,29)/p-1. The quantitative estimate of drug-likeness (QED) is 0.106. The van der Waals surface area contributed by atoms with Crippen molar-refractivity contribution in [2.45, 2.75) is 49.8 Å². The average molecular weight is 504 g/mol. The molecule has 0 aliphatic carbocycles. The largest absolute Gasteiger partial charge is 0.743 e. The maximum Gasteiger partial charge on any atom is 0.466 e. The molecule has 186 valence electrons. The van der Waals surface area contributed by atoms with Crippen LogP contribution in [0.3, 0.4) is 0 Å². The highest BCUT2D eigenvalue weighted by atomic mass is 32.2. The molecule has 0 saturated heterocycles. The molecular formula is C15H17F7NO8S-. The van der Waals surface area contributed by atoms with Crippen LogP contribution in [-0.2, 0) is 34.0 Å².